The number of halogens is 1. The van der Waals surface area contributed by atoms with Crippen LogP contribution in [0.4, 0.5) is 0 Å². The minimum Gasteiger partial charge on any atom is -0.332 e. The lowest BCUT2D eigenvalue weighted by Crippen LogP contribution is -2.39. The summed E-state index contributed by atoms with van der Waals surface area (Å²) in [5.41, 5.74) is 1.49. The highest BCUT2D eigenvalue weighted by molar-refractivity contribution is 6.29. The summed E-state index contributed by atoms with van der Waals surface area (Å²) in [5.74, 6) is 0.280. The van der Waals surface area contributed by atoms with Gasteiger partial charge >= 0.3 is 0 Å². The molecule has 0 aliphatic heterocycles. The number of amides is 1. The molecule has 114 valence electrons. The molecule has 0 bridgehead atoms. The van der Waals surface area contributed by atoms with Crippen LogP contribution in [0.25, 0.3) is 0 Å². The molecule has 0 unspecified atom stereocenters. The van der Waals surface area contributed by atoms with Crippen LogP contribution in [-0.4, -0.2) is 28.4 Å². The van der Waals surface area contributed by atoms with Crippen LogP contribution in [-0.2, 0) is 0 Å². The molecule has 0 saturated heterocycles. The zero-order valence-corrected chi connectivity index (χ0v) is 13.6. The molecule has 21 heavy (non-hydrogen) atoms. The maximum atomic E-state index is 12.8. The topological polar surface area (TPSA) is 33.2 Å². The van der Waals surface area contributed by atoms with Gasteiger partial charge < -0.3 is 4.90 Å². The molecule has 1 aromatic heterocycles. The van der Waals surface area contributed by atoms with Crippen molar-refractivity contribution in [3.05, 3.63) is 41.2 Å². The highest BCUT2D eigenvalue weighted by atomic mass is 35.5. The average molecular weight is 307 g/mol. The Hall–Kier alpha value is -1.35. The van der Waals surface area contributed by atoms with E-state index in [4.69, 9.17) is 11.6 Å². The van der Waals surface area contributed by atoms with Gasteiger partial charge in [0.05, 0.1) is 0 Å². The van der Waals surface area contributed by atoms with Gasteiger partial charge in [0.2, 0.25) is 0 Å². The van der Waals surface area contributed by atoms with E-state index in [1.54, 1.807) is 12.1 Å². The third-order valence-corrected chi connectivity index (χ3v) is 4.20. The highest BCUT2D eigenvalue weighted by Crippen LogP contribution is 2.26. The summed E-state index contributed by atoms with van der Waals surface area (Å²) in [5, 5.41) is 0.384. The normalized spacial score (nSPS) is 15.4. The van der Waals surface area contributed by atoms with Gasteiger partial charge in [-0.25, -0.2) is 4.98 Å². The molecule has 1 amide bonds. The highest BCUT2D eigenvalue weighted by Gasteiger charge is 2.27. The van der Waals surface area contributed by atoms with E-state index in [9.17, 15) is 4.79 Å². The number of carbonyl (C=O) groups is 1. The Morgan fingerprint density at radius 3 is 2.71 bits per heavy atom. The first kappa shape index (κ1) is 16.0. The van der Waals surface area contributed by atoms with Gasteiger partial charge in [0.15, 0.2) is 0 Å². The fourth-order valence-electron chi connectivity index (χ4n) is 2.86. The molecule has 0 atom stereocenters. The average Bonchev–Trinajstić information content (AvgIpc) is 2.97. The van der Waals surface area contributed by atoms with E-state index in [-0.39, 0.29) is 11.8 Å². The summed E-state index contributed by atoms with van der Waals surface area (Å²) in [6, 6.07) is 3.86. The SMILES string of the molecule is C=CCN(C(=O)c1cc(Cl)nc(C(C)C)c1)C1CCCC1. The molecule has 2 rings (SSSR count). The smallest absolute Gasteiger partial charge is 0.254 e. The Bertz CT molecular complexity index is 522. The van der Waals surface area contributed by atoms with E-state index in [2.05, 4.69) is 11.6 Å². The van der Waals surface area contributed by atoms with Crippen molar-refractivity contribution in [1.29, 1.82) is 0 Å². The van der Waals surface area contributed by atoms with Crippen LogP contribution in [0.2, 0.25) is 5.15 Å². The van der Waals surface area contributed by atoms with E-state index < -0.39 is 0 Å². The molecule has 1 heterocycles. The van der Waals surface area contributed by atoms with Crippen molar-refractivity contribution in [2.75, 3.05) is 6.54 Å². The van der Waals surface area contributed by atoms with Crippen LogP contribution in [0.15, 0.2) is 24.8 Å². The van der Waals surface area contributed by atoms with Gasteiger partial charge in [0.1, 0.15) is 5.15 Å². The van der Waals surface area contributed by atoms with Crippen LogP contribution in [0.3, 0.4) is 0 Å². The van der Waals surface area contributed by atoms with Gasteiger partial charge in [-0.3, -0.25) is 4.79 Å². The third-order valence-electron chi connectivity index (χ3n) is 4.00. The van der Waals surface area contributed by atoms with Gasteiger partial charge in [-0.1, -0.05) is 44.4 Å². The first-order valence-corrected chi connectivity index (χ1v) is 8.00. The Balaban J connectivity index is 2.29. The fraction of sp³-hybridized carbons (Fsp3) is 0.529. The van der Waals surface area contributed by atoms with Crippen molar-refractivity contribution in [2.45, 2.75) is 51.5 Å². The molecule has 1 aliphatic rings. The van der Waals surface area contributed by atoms with Gasteiger partial charge in [-0.2, -0.15) is 0 Å². The number of carbonyl (C=O) groups excluding carboxylic acids is 1. The number of nitrogens with zero attached hydrogens (tertiary/aromatic N) is 2. The van der Waals surface area contributed by atoms with Crippen molar-refractivity contribution in [3.63, 3.8) is 0 Å². The summed E-state index contributed by atoms with van der Waals surface area (Å²) in [4.78, 5) is 19.1. The lowest BCUT2D eigenvalue weighted by molar-refractivity contribution is 0.0706. The first-order chi connectivity index (χ1) is 10.0. The zero-order chi connectivity index (χ0) is 15.4. The maximum absolute atomic E-state index is 12.8. The number of hydrogen-bond donors (Lipinski definition) is 0. The van der Waals surface area contributed by atoms with E-state index >= 15 is 0 Å². The van der Waals surface area contributed by atoms with Crippen LogP contribution in [0.1, 0.15) is 61.5 Å². The molecule has 1 saturated carbocycles. The zero-order valence-electron chi connectivity index (χ0n) is 12.8. The molecule has 4 heteroatoms. The molecule has 0 aromatic carbocycles. The molecule has 3 nitrogen and oxygen atoms in total. The predicted octanol–water partition coefficient (Wildman–Crippen LogP) is 4.43. The van der Waals surface area contributed by atoms with Crippen LogP contribution in [0, 0.1) is 0 Å². The van der Waals surface area contributed by atoms with Crippen LogP contribution >= 0.6 is 11.6 Å². The summed E-state index contributed by atoms with van der Waals surface area (Å²) < 4.78 is 0. The second-order valence-corrected chi connectivity index (χ2v) is 6.33. The number of aromatic nitrogens is 1. The Kier molecular flexibility index (Phi) is 5.40. The summed E-state index contributed by atoms with van der Waals surface area (Å²) >= 11 is 6.08. The summed E-state index contributed by atoms with van der Waals surface area (Å²) in [6.45, 7) is 8.46. The Labute approximate surface area is 132 Å². The molecule has 1 aromatic rings. The first-order valence-electron chi connectivity index (χ1n) is 7.62. The van der Waals surface area contributed by atoms with Gasteiger partial charge in [0, 0.05) is 23.8 Å². The Morgan fingerprint density at radius 1 is 1.48 bits per heavy atom. The van der Waals surface area contributed by atoms with Crippen LogP contribution < -0.4 is 0 Å². The monoisotopic (exact) mass is 306 g/mol. The minimum absolute atomic E-state index is 0.0352. The van der Waals surface area contributed by atoms with E-state index in [0.717, 1.165) is 18.5 Å². The summed E-state index contributed by atoms with van der Waals surface area (Å²) in [7, 11) is 0. The summed E-state index contributed by atoms with van der Waals surface area (Å²) in [6.07, 6.45) is 6.34. The molecule has 0 N–H and O–H groups in total. The van der Waals surface area contributed by atoms with E-state index in [0.29, 0.717) is 23.3 Å². The van der Waals surface area contributed by atoms with Crippen molar-refractivity contribution in [2.24, 2.45) is 0 Å². The molecular weight excluding hydrogens is 284 g/mol. The largest absolute Gasteiger partial charge is 0.332 e. The van der Waals surface area contributed by atoms with Gasteiger partial charge in [-0.15, -0.1) is 6.58 Å². The van der Waals surface area contributed by atoms with E-state index in [1.807, 2.05) is 24.8 Å². The fourth-order valence-corrected chi connectivity index (χ4v) is 3.07. The van der Waals surface area contributed by atoms with Gasteiger partial charge in [0.25, 0.3) is 5.91 Å². The second kappa shape index (κ2) is 7.08. The lowest BCUT2D eigenvalue weighted by Gasteiger charge is -2.28. The van der Waals surface area contributed by atoms with Crippen molar-refractivity contribution >= 4 is 17.5 Å². The van der Waals surface area contributed by atoms with E-state index in [1.165, 1.54) is 12.8 Å². The minimum atomic E-state index is 0.0352. The maximum Gasteiger partial charge on any atom is 0.254 e. The number of hydrogen-bond acceptors (Lipinski definition) is 2. The number of pyridine rings is 1. The Morgan fingerprint density at radius 2 is 2.14 bits per heavy atom. The van der Waals surface area contributed by atoms with Gasteiger partial charge in [-0.05, 0) is 30.9 Å². The van der Waals surface area contributed by atoms with Crippen molar-refractivity contribution < 1.29 is 4.79 Å². The molecular formula is C17H23ClN2O. The number of rotatable bonds is 5. The predicted molar refractivity (Wildman–Crippen MR) is 86.8 cm³/mol. The molecule has 1 aliphatic carbocycles. The quantitative estimate of drug-likeness (QED) is 0.595. The molecule has 0 radical (unpaired) electrons. The lowest BCUT2D eigenvalue weighted by atomic mass is 10.1. The van der Waals surface area contributed by atoms with Crippen molar-refractivity contribution in [1.82, 2.24) is 9.88 Å². The second-order valence-electron chi connectivity index (χ2n) is 5.94. The molecule has 1 fully saturated rings. The standard InChI is InChI=1S/C17H23ClN2O/c1-4-9-20(14-7-5-6-8-14)17(21)13-10-15(12(2)3)19-16(18)11-13/h4,10-12,14H,1,5-9H2,2-3H3. The molecule has 0 spiro atoms. The van der Waals surface area contributed by atoms with Crippen LogP contribution in [0.5, 0.6) is 0 Å². The van der Waals surface area contributed by atoms with Crippen molar-refractivity contribution in [3.8, 4) is 0 Å². The third kappa shape index (κ3) is 3.85.